The summed E-state index contributed by atoms with van der Waals surface area (Å²) in [6, 6.07) is 16.3. The van der Waals surface area contributed by atoms with E-state index in [1.807, 2.05) is 36.4 Å². The molecule has 44 heavy (non-hydrogen) atoms. The van der Waals surface area contributed by atoms with Gasteiger partial charge >= 0.3 is 0 Å². The van der Waals surface area contributed by atoms with Crippen molar-refractivity contribution < 1.29 is 19.4 Å². The van der Waals surface area contributed by atoms with Crippen molar-refractivity contribution >= 4 is 34.9 Å². The van der Waals surface area contributed by atoms with Gasteiger partial charge in [0.25, 0.3) is 11.5 Å². The number of ether oxygens (including phenoxy) is 1. The molecule has 1 saturated heterocycles. The van der Waals surface area contributed by atoms with E-state index >= 15 is 0 Å². The standard InChI is InChI=1S/C33H32ClN5O5/c1-37-17-25(14-29(33(37)43)36-30-8-6-22(16-35-30)32(42)38-9-11-44-12-10-38)27-4-2-3-21(28(27)20-40)15-31(41)39-18-23-5-7-26(34)13-24(23)19-39/h2-8,13-14,16-17,40H,9-12,15,18-20H2,1H3,(H,35,36). The van der Waals surface area contributed by atoms with Gasteiger partial charge in [0.15, 0.2) is 0 Å². The maximum Gasteiger partial charge on any atom is 0.274 e. The number of aryl methyl sites for hydroxylation is 1. The minimum Gasteiger partial charge on any atom is -0.392 e. The van der Waals surface area contributed by atoms with Crippen LogP contribution in [0.4, 0.5) is 11.5 Å². The van der Waals surface area contributed by atoms with Crippen LogP contribution in [0.5, 0.6) is 0 Å². The Balaban J connectivity index is 1.22. The highest BCUT2D eigenvalue weighted by molar-refractivity contribution is 6.30. The van der Waals surface area contributed by atoms with Crippen molar-refractivity contribution in [2.75, 3.05) is 31.6 Å². The smallest absolute Gasteiger partial charge is 0.274 e. The Morgan fingerprint density at radius 3 is 2.57 bits per heavy atom. The van der Waals surface area contributed by atoms with E-state index in [4.69, 9.17) is 16.3 Å². The van der Waals surface area contributed by atoms with Crippen LogP contribution >= 0.6 is 11.6 Å². The molecule has 4 aromatic rings. The maximum atomic E-state index is 13.3. The number of halogens is 1. The first-order valence-electron chi connectivity index (χ1n) is 14.4. The highest BCUT2D eigenvalue weighted by Crippen LogP contribution is 2.30. The van der Waals surface area contributed by atoms with E-state index in [2.05, 4.69) is 10.3 Å². The lowest BCUT2D eigenvalue weighted by atomic mass is 9.94. The normalized spacial score (nSPS) is 14.4. The van der Waals surface area contributed by atoms with Crippen LogP contribution in [0.25, 0.3) is 11.1 Å². The number of anilines is 2. The molecule has 2 amide bonds. The number of nitrogens with one attached hydrogen (secondary N) is 1. The largest absolute Gasteiger partial charge is 0.392 e. The zero-order valence-corrected chi connectivity index (χ0v) is 25.0. The maximum absolute atomic E-state index is 13.3. The third kappa shape index (κ3) is 6.10. The van der Waals surface area contributed by atoms with E-state index in [-0.39, 0.29) is 36.1 Å². The monoisotopic (exact) mass is 613 g/mol. The molecule has 11 heteroatoms. The van der Waals surface area contributed by atoms with Gasteiger partial charge < -0.3 is 29.5 Å². The Morgan fingerprint density at radius 1 is 1.02 bits per heavy atom. The fourth-order valence-electron chi connectivity index (χ4n) is 5.70. The summed E-state index contributed by atoms with van der Waals surface area (Å²) in [4.78, 5) is 47.0. The molecule has 0 bridgehead atoms. The molecule has 1 fully saturated rings. The molecule has 0 unspecified atom stereocenters. The average molecular weight is 614 g/mol. The molecule has 6 rings (SSSR count). The number of pyridine rings is 2. The SMILES string of the molecule is Cn1cc(-c2cccc(CC(=O)N3Cc4ccc(Cl)cc4C3)c2CO)cc(Nc2ccc(C(=O)N3CCOCC3)cn2)c1=O. The molecule has 2 aliphatic heterocycles. The molecule has 0 saturated carbocycles. The van der Waals surface area contributed by atoms with Gasteiger partial charge in [-0.05, 0) is 58.1 Å². The summed E-state index contributed by atoms with van der Waals surface area (Å²) in [5.74, 6) is 0.250. The lowest BCUT2D eigenvalue weighted by Crippen LogP contribution is -2.40. The van der Waals surface area contributed by atoms with E-state index < -0.39 is 0 Å². The minimum absolute atomic E-state index is 0.0476. The van der Waals surface area contributed by atoms with Crippen molar-refractivity contribution in [3.05, 3.63) is 110 Å². The number of hydrogen-bond donors (Lipinski definition) is 2. The summed E-state index contributed by atoms with van der Waals surface area (Å²) in [5.41, 5.74) is 5.33. The molecule has 0 aliphatic carbocycles. The molecular formula is C33H32ClN5O5. The molecule has 0 spiro atoms. The van der Waals surface area contributed by atoms with Gasteiger partial charge in [-0.2, -0.15) is 0 Å². The zero-order valence-electron chi connectivity index (χ0n) is 24.3. The highest BCUT2D eigenvalue weighted by atomic mass is 35.5. The van der Waals surface area contributed by atoms with Gasteiger partial charge in [0.05, 0.1) is 31.8 Å². The molecule has 4 heterocycles. The lowest BCUT2D eigenvalue weighted by molar-refractivity contribution is -0.131. The number of fused-ring (bicyclic) bond motifs is 1. The van der Waals surface area contributed by atoms with E-state index in [0.29, 0.717) is 72.5 Å². The summed E-state index contributed by atoms with van der Waals surface area (Å²) in [5, 5.41) is 14.2. The number of aromatic nitrogens is 2. The van der Waals surface area contributed by atoms with Crippen molar-refractivity contribution in [1.29, 1.82) is 0 Å². The molecule has 2 N–H and O–H groups in total. The van der Waals surface area contributed by atoms with E-state index in [1.165, 1.54) is 10.8 Å². The number of nitrogens with zero attached hydrogens (tertiary/aromatic N) is 4. The van der Waals surface area contributed by atoms with Gasteiger partial charge in [0.2, 0.25) is 5.91 Å². The van der Waals surface area contributed by atoms with Gasteiger partial charge in [0.1, 0.15) is 11.5 Å². The van der Waals surface area contributed by atoms with E-state index in [1.54, 1.807) is 41.2 Å². The predicted octanol–water partition coefficient (Wildman–Crippen LogP) is 3.89. The molecular weight excluding hydrogens is 582 g/mol. The Labute approximate surface area is 259 Å². The van der Waals surface area contributed by atoms with Crippen LogP contribution in [0.3, 0.4) is 0 Å². The number of carbonyl (C=O) groups excluding carboxylic acids is 2. The number of aliphatic hydroxyl groups excluding tert-OH is 1. The fourth-order valence-corrected chi connectivity index (χ4v) is 5.90. The number of morpholine rings is 1. The molecule has 2 aromatic heterocycles. The number of amides is 2. The zero-order chi connectivity index (χ0) is 30.8. The summed E-state index contributed by atoms with van der Waals surface area (Å²) in [7, 11) is 1.65. The second-order valence-electron chi connectivity index (χ2n) is 11.0. The van der Waals surface area contributed by atoms with Crippen molar-refractivity contribution in [3.8, 4) is 11.1 Å². The lowest BCUT2D eigenvalue weighted by Gasteiger charge is -2.26. The third-order valence-electron chi connectivity index (χ3n) is 8.08. The molecule has 226 valence electrons. The van der Waals surface area contributed by atoms with Crippen molar-refractivity contribution in [2.24, 2.45) is 7.05 Å². The van der Waals surface area contributed by atoms with Gasteiger partial charge in [-0.25, -0.2) is 4.98 Å². The van der Waals surface area contributed by atoms with Crippen LogP contribution in [0.1, 0.15) is 32.6 Å². The van der Waals surface area contributed by atoms with Crippen LogP contribution in [-0.2, 0) is 42.7 Å². The van der Waals surface area contributed by atoms with Crippen molar-refractivity contribution in [3.63, 3.8) is 0 Å². The molecule has 2 aromatic carbocycles. The van der Waals surface area contributed by atoms with Crippen LogP contribution in [0, 0.1) is 0 Å². The molecule has 10 nitrogen and oxygen atoms in total. The number of aliphatic hydroxyl groups is 1. The van der Waals surface area contributed by atoms with Crippen molar-refractivity contribution in [1.82, 2.24) is 19.4 Å². The highest BCUT2D eigenvalue weighted by Gasteiger charge is 2.25. The summed E-state index contributed by atoms with van der Waals surface area (Å²) in [6.45, 7) is 2.84. The van der Waals surface area contributed by atoms with Gasteiger partial charge in [-0.1, -0.05) is 35.9 Å². The topological polar surface area (TPSA) is 117 Å². The number of hydrogen-bond acceptors (Lipinski definition) is 7. The van der Waals surface area contributed by atoms with Gasteiger partial charge in [-0.15, -0.1) is 0 Å². The Hall–Kier alpha value is -4.51. The predicted molar refractivity (Wildman–Crippen MR) is 167 cm³/mol. The minimum atomic E-state index is -0.277. The average Bonchev–Trinajstić information content (AvgIpc) is 3.47. The van der Waals surface area contributed by atoms with E-state index in [0.717, 1.165) is 16.7 Å². The first-order valence-corrected chi connectivity index (χ1v) is 14.8. The number of carbonyl (C=O) groups is 2. The second-order valence-corrected chi connectivity index (χ2v) is 11.4. The van der Waals surface area contributed by atoms with Gasteiger partial charge in [-0.3, -0.25) is 14.4 Å². The van der Waals surface area contributed by atoms with Crippen LogP contribution in [0.2, 0.25) is 5.02 Å². The molecule has 0 atom stereocenters. The summed E-state index contributed by atoms with van der Waals surface area (Å²) >= 11 is 6.14. The van der Waals surface area contributed by atoms with Crippen LogP contribution in [-0.4, -0.2) is 62.6 Å². The summed E-state index contributed by atoms with van der Waals surface area (Å²) < 4.78 is 6.78. The van der Waals surface area contributed by atoms with E-state index in [9.17, 15) is 19.5 Å². The Bertz CT molecular complexity index is 1780. The summed E-state index contributed by atoms with van der Waals surface area (Å²) in [6.07, 6.45) is 3.32. The van der Waals surface area contributed by atoms with Gasteiger partial charge in [0, 0.05) is 56.2 Å². The third-order valence-corrected chi connectivity index (χ3v) is 8.32. The van der Waals surface area contributed by atoms with Crippen LogP contribution < -0.4 is 10.9 Å². The number of rotatable bonds is 7. The first-order chi connectivity index (χ1) is 21.3. The fraction of sp³-hybridized carbons (Fsp3) is 0.273. The quantitative estimate of drug-likeness (QED) is 0.325. The Morgan fingerprint density at radius 2 is 1.82 bits per heavy atom. The van der Waals surface area contributed by atoms with Crippen molar-refractivity contribution in [2.45, 2.75) is 26.1 Å². The first kappa shape index (κ1) is 29.6. The molecule has 2 aliphatic rings. The molecule has 0 radical (unpaired) electrons. The number of benzene rings is 2. The second kappa shape index (κ2) is 12.6. The van der Waals surface area contributed by atoms with Crippen LogP contribution in [0.15, 0.2) is 71.8 Å². The Kier molecular flexibility index (Phi) is 8.47.